The van der Waals surface area contributed by atoms with Crippen molar-refractivity contribution in [2.45, 2.75) is 6.92 Å². The topological polar surface area (TPSA) is 103 Å². The van der Waals surface area contributed by atoms with E-state index < -0.39 is 23.8 Å². The molecule has 8 heteroatoms. The van der Waals surface area contributed by atoms with Crippen LogP contribution < -0.4 is 4.90 Å². The van der Waals surface area contributed by atoms with Crippen LogP contribution in [-0.4, -0.2) is 43.0 Å². The highest BCUT2D eigenvalue weighted by Gasteiger charge is 2.41. The van der Waals surface area contributed by atoms with E-state index in [0.717, 1.165) is 4.90 Å². The minimum absolute atomic E-state index is 0.0328. The zero-order chi connectivity index (χ0) is 21.6. The van der Waals surface area contributed by atoms with Gasteiger partial charge in [0.25, 0.3) is 11.8 Å². The summed E-state index contributed by atoms with van der Waals surface area (Å²) in [7, 11) is 2.39. The lowest BCUT2D eigenvalue weighted by Crippen LogP contribution is -2.31. The maximum atomic E-state index is 13.4. The predicted molar refractivity (Wildman–Crippen MR) is 107 cm³/mol. The predicted octanol–water partition coefficient (Wildman–Crippen LogP) is 2.92. The number of anilines is 1. The van der Waals surface area contributed by atoms with E-state index in [2.05, 4.69) is 4.98 Å². The first-order valence-corrected chi connectivity index (χ1v) is 8.97. The van der Waals surface area contributed by atoms with Crippen LogP contribution in [0.15, 0.2) is 42.5 Å². The molecule has 0 spiro atoms. The lowest BCUT2D eigenvalue weighted by Gasteiger charge is -2.18. The van der Waals surface area contributed by atoms with Crippen LogP contribution in [0.2, 0.25) is 0 Å². The summed E-state index contributed by atoms with van der Waals surface area (Å²) in [4.78, 5) is 56.3. The number of fused-ring (bicyclic) bond motifs is 3. The fourth-order valence-corrected chi connectivity index (χ4v) is 3.60. The molecule has 1 aliphatic heterocycles. The van der Waals surface area contributed by atoms with Crippen LogP contribution in [0.1, 0.15) is 47.1 Å². The number of pyridine rings is 1. The van der Waals surface area contributed by atoms with Gasteiger partial charge in [0.15, 0.2) is 0 Å². The minimum Gasteiger partial charge on any atom is -0.465 e. The number of amides is 2. The van der Waals surface area contributed by atoms with Crippen molar-refractivity contribution in [3.63, 3.8) is 0 Å². The highest BCUT2D eigenvalue weighted by atomic mass is 16.5. The SMILES string of the molecule is COC(=O)c1ccc(C(=O)OC)c(N2C(=O)c3c(C)nc4ccccc4c3C2=O)c1. The second-order valence-corrected chi connectivity index (χ2v) is 6.63. The Morgan fingerprint density at radius 3 is 2.27 bits per heavy atom. The normalized spacial score (nSPS) is 12.8. The largest absolute Gasteiger partial charge is 0.465 e. The van der Waals surface area contributed by atoms with Crippen molar-refractivity contribution in [2.75, 3.05) is 19.1 Å². The summed E-state index contributed by atoms with van der Waals surface area (Å²) in [6.07, 6.45) is 0. The van der Waals surface area contributed by atoms with Crippen molar-refractivity contribution in [1.29, 1.82) is 0 Å². The van der Waals surface area contributed by atoms with Crippen molar-refractivity contribution < 1.29 is 28.7 Å². The van der Waals surface area contributed by atoms with Gasteiger partial charge in [-0.15, -0.1) is 0 Å². The second kappa shape index (κ2) is 7.07. The molecule has 2 amide bonds. The maximum Gasteiger partial charge on any atom is 0.339 e. The van der Waals surface area contributed by atoms with Gasteiger partial charge in [-0.3, -0.25) is 14.6 Å². The molecule has 30 heavy (non-hydrogen) atoms. The summed E-state index contributed by atoms with van der Waals surface area (Å²) in [5.74, 6) is -2.66. The van der Waals surface area contributed by atoms with E-state index in [0.29, 0.717) is 16.6 Å². The van der Waals surface area contributed by atoms with E-state index in [-0.39, 0.29) is 27.9 Å². The minimum atomic E-state index is -0.752. The average molecular weight is 404 g/mol. The van der Waals surface area contributed by atoms with Crippen molar-refractivity contribution in [2.24, 2.45) is 0 Å². The monoisotopic (exact) mass is 404 g/mol. The number of esters is 2. The molecule has 0 N–H and O–H groups in total. The third-order valence-corrected chi connectivity index (χ3v) is 4.97. The standard InChI is InChI=1S/C22H16N2O6/c1-11-17-18(13-6-4-5-7-15(13)23-11)20(26)24(19(17)25)16-10-12(21(27)29-2)8-9-14(16)22(28)30-3/h4-10H,1-3H3. The fourth-order valence-electron chi connectivity index (χ4n) is 3.60. The molecule has 0 atom stereocenters. The number of carbonyl (C=O) groups is 4. The number of benzene rings is 2. The summed E-state index contributed by atoms with van der Waals surface area (Å²) in [5, 5.41) is 0.530. The maximum absolute atomic E-state index is 13.4. The number of imide groups is 1. The number of para-hydroxylation sites is 1. The Labute approximate surface area is 171 Å². The fraction of sp³-hybridized carbons (Fsp3) is 0.136. The van der Waals surface area contributed by atoms with Crippen molar-refractivity contribution >= 4 is 40.3 Å². The smallest absolute Gasteiger partial charge is 0.339 e. The first-order chi connectivity index (χ1) is 14.4. The molecule has 0 fully saturated rings. The number of hydrogen-bond acceptors (Lipinski definition) is 7. The Kier molecular flexibility index (Phi) is 4.54. The highest BCUT2D eigenvalue weighted by molar-refractivity contribution is 6.38. The highest BCUT2D eigenvalue weighted by Crippen LogP contribution is 2.36. The lowest BCUT2D eigenvalue weighted by atomic mass is 10.0. The van der Waals surface area contributed by atoms with Gasteiger partial charge in [0.1, 0.15) is 0 Å². The molecule has 0 saturated carbocycles. The van der Waals surface area contributed by atoms with Gasteiger partial charge in [0.05, 0.1) is 53.4 Å². The number of rotatable bonds is 3. The van der Waals surface area contributed by atoms with E-state index in [1.807, 2.05) is 0 Å². The molecule has 1 aromatic heterocycles. The zero-order valence-corrected chi connectivity index (χ0v) is 16.4. The number of methoxy groups -OCH3 is 2. The second-order valence-electron chi connectivity index (χ2n) is 6.63. The number of carbonyl (C=O) groups excluding carboxylic acids is 4. The molecule has 2 aromatic carbocycles. The molecule has 1 aliphatic rings. The molecule has 4 rings (SSSR count). The average Bonchev–Trinajstić information content (AvgIpc) is 3.03. The molecule has 0 bridgehead atoms. The Bertz CT molecular complexity index is 1260. The number of ether oxygens (including phenoxy) is 2. The van der Waals surface area contributed by atoms with E-state index in [4.69, 9.17) is 9.47 Å². The summed E-state index contributed by atoms with van der Waals surface area (Å²) in [5.41, 5.74) is 1.34. The van der Waals surface area contributed by atoms with Crippen LogP contribution in [0.4, 0.5) is 5.69 Å². The summed E-state index contributed by atoms with van der Waals surface area (Å²) in [6, 6.07) is 10.9. The Morgan fingerprint density at radius 1 is 0.900 bits per heavy atom. The van der Waals surface area contributed by atoms with Crippen LogP contribution >= 0.6 is 0 Å². The van der Waals surface area contributed by atoms with Gasteiger partial charge >= 0.3 is 11.9 Å². The van der Waals surface area contributed by atoms with Gasteiger partial charge < -0.3 is 9.47 Å². The van der Waals surface area contributed by atoms with Crippen LogP contribution in [0.5, 0.6) is 0 Å². The number of aromatic nitrogens is 1. The van der Waals surface area contributed by atoms with Crippen LogP contribution in [0.3, 0.4) is 0 Å². The van der Waals surface area contributed by atoms with Crippen LogP contribution in [0, 0.1) is 6.92 Å². The van der Waals surface area contributed by atoms with Gasteiger partial charge in [-0.1, -0.05) is 18.2 Å². The molecule has 0 aliphatic carbocycles. The van der Waals surface area contributed by atoms with Gasteiger partial charge in [-0.05, 0) is 31.2 Å². The quantitative estimate of drug-likeness (QED) is 0.488. The third-order valence-electron chi connectivity index (χ3n) is 4.97. The Morgan fingerprint density at radius 2 is 1.57 bits per heavy atom. The summed E-state index contributed by atoms with van der Waals surface area (Å²) < 4.78 is 9.51. The van der Waals surface area contributed by atoms with Crippen LogP contribution in [-0.2, 0) is 9.47 Å². The third kappa shape index (κ3) is 2.73. The zero-order valence-electron chi connectivity index (χ0n) is 16.4. The summed E-state index contributed by atoms with van der Waals surface area (Å²) in [6.45, 7) is 1.64. The first-order valence-electron chi connectivity index (χ1n) is 8.97. The summed E-state index contributed by atoms with van der Waals surface area (Å²) >= 11 is 0. The number of hydrogen-bond donors (Lipinski definition) is 0. The molecule has 0 saturated heterocycles. The molecule has 0 radical (unpaired) electrons. The Hall–Kier alpha value is -4.07. The van der Waals surface area contributed by atoms with E-state index in [9.17, 15) is 19.2 Å². The van der Waals surface area contributed by atoms with E-state index in [1.165, 1.54) is 32.4 Å². The van der Waals surface area contributed by atoms with E-state index >= 15 is 0 Å². The van der Waals surface area contributed by atoms with Gasteiger partial charge in [-0.25, -0.2) is 14.5 Å². The molecule has 2 heterocycles. The molecule has 8 nitrogen and oxygen atoms in total. The van der Waals surface area contributed by atoms with Crippen molar-refractivity contribution in [3.05, 3.63) is 70.4 Å². The number of nitrogens with zero attached hydrogens (tertiary/aromatic N) is 2. The van der Waals surface area contributed by atoms with Crippen LogP contribution in [0.25, 0.3) is 10.9 Å². The Balaban J connectivity index is 1.97. The molecule has 3 aromatic rings. The van der Waals surface area contributed by atoms with E-state index in [1.54, 1.807) is 31.2 Å². The molecular formula is C22H16N2O6. The van der Waals surface area contributed by atoms with Crippen molar-refractivity contribution in [3.8, 4) is 0 Å². The molecule has 150 valence electrons. The van der Waals surface area contributed by atoms with Gasteiger partial charge in [0, 0.05) is 5.39 Å². The lowest BCUT2D eigenvalue weighted by molar-refractivity contribution is 0.0587. The van der Waals surface area contributed by atoms with Crippen molar-refractivity contribution in [1.82, 2.24) is 4.98 Å². The first kappa shape index (κ1) is 19.3. The van der Waals surface area contributed by atoms with Gasteiger partial charge in [-0.2, -0.15) is 0 Å². The molecule has 0 unspecified atom stereocenters. The number of aryl methyl sites for hydroxylation is 1. The molecular weight excluding hydrogens is 388 g/mol. The van der Waals surface area contributed by atoms with Gasteiger partial charge in [0.2, 0.25) is 0 Å².